The predicted molar refractivity (Wildman–Crippen MR) is 114 cm³/mol. The van der Waals surface area contributed by atoms with Gasteiger partial charge in [0.15, 0.2) is 63.8 Å². The first-order valence-electron chi connectivity index (χ1n) is 9.57. The van der Waals surface area contributed by atoms with E-state index >= 15 is 0 Å². The number of unbranched alkanes of at least 4 members (excludes halogenated alkanes) is 8. The van der Waals surface area contributed by atoms with Crippen LogP contribution >= 0.6 is 0 Å². The zero-order valence-electron chi connectivity index (χ0n) is 15.9. The van der Waals surface area contributed by atoms with Gasteiger partial charge < -0.3 is 18.2 Å². The Morgan fingerprint density at radius 2 is 0.680 bits per heavy atom. The van der Waals surface area contributed by atoms with Gasteiger partial charge >= 0.3 is 0 Å². The van der Waals surface area contributed by atoms with Gasteiger partial charge in [0.25, 0.3) is 0 Å². The molecule has 0 aliphatic rings. The third kappa shape index (κ3) is 15.9. The highest BCUT2D eigenvalue weighted by Gasteiger charge is 2.28. The topological polar surface area (TPSA) is 92.2 Å². The van der Waals surface area contributed by atoms with Crippen LogP contribution in [0, 0.1) is 0 Å². The highest BCUT2D eigenvalue weighted by Crippen LogP contribution is 2.15. The molecule has 0 bridgehead atoms. The molecule has 0 N–H and O–H groups in total. The Morgan fingerprint density at radius 3 is 1.00 bits per heavy atom. The molecule has 0 amide bonds. The lowest BCUT2D eigenvalue weighted by atomic mass is 10.2. The van der Waals surface area contributed by atoms with Crippen molar-refractivity contribution < 1.29 is 18.2 Å². The van der Waals surface area contributed by atoms with Crippen molar-refractivity contribution in [2.24, 2.45) is 0 Å². The molecule has 0 aliphatic carbocycles. The molecule has 8 heteroatoms. The standard InChI is InChI=1S/C17H36O4S4/c1-3-5-7-9-11-14-22(18)24(20)16-13-17-25(21)23(19)15-12-10-8-6-4-2/h3-17H2,1-2H3. The minimum atomic E-state index is -1.37. The van der Waals surface area contributed by atoms with Gasteiger partial charge in [0.2, 0.25) is 0 Å². The molecular formula is C17H36O4S4. The van der Waals surface area contributed by atoms with E-state index in [1.54, 1.807) is 0 Å². The zero-order chi connectivity index (χ0) is 18.9. The molecule has 0 saturated heterocycles. The summed E-state index contributed by atoms with van der Waals surface area (Å²) in [6.45, 7) is 4.30. The maximum atomic E-state index is 11.9. The highest BCUT2D eigenvalue weighted by molar-refractivity contribution is 8.67. The van der Waals surface area contributed by atoms with Crippen LogP contribution < -0.4 is 0 Å². The first kappa shape index (κ1) is 26.2. The van der Waals surface area contributed by atoms with Crippen molar-refractivity contribution >= 4 is 40.8 Å². The van der Waals surface area contributed by atoms with Crippen LogP contribution in [0.2, 0.25) is 0 Å². The first-order valence-corrected chi connectivity index (χ1v) is 15.9. The minimum absolute atomic E-state index is 0.293. The summed E-state index contributed by atoms with van der Waals surface area (Å²) in [6, 6.07) is 0. The average Bonchev–Trinajstić information content (AvgIpc) is 2.60. The van der Waals surface area contributed by atoms with Crippen LogP contribution in [0.3, 0.4) is 0 Å². The summed E-state index contributed by atoms with van der Waals surface area (Å²) < 4.78 is 47.6. The van der Waals surface area contributed by atoms with Crippen molar-refractivity contribution in [3.05, 3.63) is 0 Å². The van der Waals surface area contributed by atoms with Gasteiger partial charge in [-0.25, -0.2) is 0 Å². The van der Waals surface area contributed by atoms with E-state index in [1.807, 2.05) is 0 Å². The summed E-state index contributed by atoms with van der Waals surface area (Å²) >= 11 is 0. The quantitative estimate of drug-likeness (QED) is 0.185. The van der Waals surface area contributed by atoms with Gasteiger partial charge in [-0.3, -0.25) is 0 Å². The van der Waals surface area contributed by atoms with Gasteiger partial charge in [-0.1, -0.05) is 52.4 Å². The molecule has 0 spiro atoms. The molecule has 0 heterocycles. The summed E-state index contributed by atoms with van der Waals surface area (Å²) in [5.41, 5.74) is 0. The van der Waals surface area contributed by atoms with Crippen molar-refractivity contribution in [1.82, 2.24) is 0 Å². The normalized spacial score (nSPS) is 16.6. The molecule has 0 aromatic carbocycles. The molecule has 0 rings (SSSR count). The van der Waals surface area contributed by atoms with Gasteiger partial charge in [-0.05, 0) is 25.7 Å². The van der Waals surface area contributed by atoms with E-state index in [1.165, 1.54) is 25.7 Å². The van der Waals surface area contributed by atoms with Crippen LogP contribution in [0.5, 0.6) is 0 Å². The molecule has 4 unspecified atom stereocenters. The average molecular weight is 433 g/mol. The molecule has 4 atom stereocenters. The molecule has 0 saturated carbocycles. The van der Waals surface area contributed by atoms with Crippen LogP contribution in [0.1, 0.15) is 84.5 Å². The van der Waals surface area contributed by atoms with E-state index in [0.29, 0.717) is 29.4 Å². The SMILES string of the molecule is CCCCCCC[S+]([O-])[S+]([O-])CCC[S+]([O-])[S+]([O-])CCCCCCC. The lowest BCUT2D eigenvalue weighted by Crippen LogP contribution is -2.26. The van der Waals surface area contributed by atoms with Crippen molar-refractivity contribution in [3.63, 3.8) is 0 Å². The number of rotatable bonds is 18. The van der Waals surface area contributed by atoms with Gasteiger partial charge in [0, 0.05) is 6.42 Å². The molecular weight excluding hydrogens is 396 g/mol. The Bertz CT molecular complexity index is 261. The summed E-state index contributed by atoms with van der Waals surface area (Å²) in [5, 5.41) is 0. The monoisotopic (exact) mass is 432 g/mol. The third-order valence-corrected chi connectivity index (χ3v) is 11.7. The molecule has 0 aromatic rings. The van der Waals surface area contributed by atoms with E-state index in [2.05, 4.69) is 13.8 Å². The minimum Gasteiger partial charge on any atom is -0.571 e. The van der Waals surface area contributed by atoms with E-state index in [9.17, 15) is 18.2 Å². The fraction of sp³-hybridized carbons (Fsp3) is 1.00. The molecule has 0 aliphatic heterocycles. The predicted octanol–water partition coefficient (Wildman–Crippen LogP) is 4.14. The van der Waals surface area contributed by atoms with Crippen molar-refractivity contribution in [2.75, 3.05) is 23.0 Å². The van der Waals surface area contributed by atoms with Gasteiger partial charge in [0.05, 0.1) is 0 Å². The molecule has 0 radical (unpaired) electrons. The Labute approximate surface area is 166 Å². The Hall–Kier alpha value is 1.24. The maximum absolute atomic E-state index is 11.9. The molecule has 25 heavy (non-hydrogen) atoms. The number of hydrogen-bond donors (Lipinski definition) is 0. The smallest absolute Gasteiger partial charge is 0.170 e. The van der Waals surface area contributed by atoms with Gasteiger partial charge in [-0.15, -0.1) is 0 Å². The summed E-state index contributed by atoms with van der Waals surface area (Å²) in [4.78, 5) is 0. The van der Waals surface area contributed by atoms with Crippen LogP contribution in [-0.2, 0) is 40.8 Å². The summed E-state index contributed by atoms with van der Waals surface area (Å²) in [5.74, 6) is 1.56. The molecule has 4 nitrogen and oxygen atoms in total. The van der Waals surface area contributed by atoms with Crippen LogP contribution in [0.15, 0.2) is 0 Å². The first-order chi connectivity index (χ1) is 12.0. The van der Waals surface area contributed by atoms with Crippen molar-refractivity contribution in [3.8, 4) is 0 Å². The summed E-state index contributed by atoms with van der Waals surface area (Å²) in [6.07, 6.45) is 11.3. The second-order valence-electron chi connectivity index (χ2n) is 6.21. The largest absolute Gasteiger partial charge is 0.571 e. The maximum Gasteiger partial charge on any atom is 0.170 e. The van der Waals surface area contributed by atoms with Gasteiger partial charge in [-0.2, -0.15) is 0 Å². The van der Waals surface area contributed by atoms with E-state index in [-0.39, 0.29) is 0 Å². The second kappa shape index (κ2) is 18.6. The molecule has 0 aromatic heterocycles. The lowest BCUT2D eigenvalue weighted by Gasteiger charge is -2.14. The van der Waals surface area contributed by atoms with Gasteiger partial charge in [0.1, 0.15) is 0 Å². The van der Waals surface area contributed by atoms with E-state index < -0.39 is 40.8 Å². The summed E-state index contributed by atoms with van der Waals surface area (Å²) in [7, 11) is -5.36. The second-order valence-corrected chi connectivity index (χ2v) is 14.7. The zero-order valence-corrected chi connectivity index (χ0v) is 19.1. The van der Waals surface area contributed by atoms with Crippen LogP contribution in [-0.4, -0.2) is 41.2 Å². The molecule has 152 valence electrons. The van der Waals surface area contributed by atoms with E-state index in [4.69, 9.17) is 0 Å². The Balaban J connectivity index is 3.67. The Morgan fingerprint density at radius 1 is 0.400 bits per heavy atom. The van der Waals surface area contributed by atoms with Crippen molar-refractivity contribution in [1.29, 1.82) is 0 Å². The fourth-order valence-electron chi connectivity index (χ4n) is 2.31. The Kier molecular flexibility index (Phi) is 19.5. The lowest BCUT2D eigenvalue weighted by molar-refractivity contribution is 0.573. The van der Waals surface area contributed by atoms with Crippen LogP contribution in [0.25, 0.3) is 0 Å². The molecule has 0 fully saturated rings. The number of hydrogen-bond acceptors (Lipinski definition) is 4. The highest BCUT2D eigenvalue weighted by atomic mass is 33.2. The fourth-order valence-corrected chi connectivity index (χ4v) is 8.52. The third-order valence-electron chi connectivity index (χ3n) is 3.87. The van der Waals surface area contributed by atoms with E-state index in [0.717, 1.165) is 38.5 Å². The van der Waals surface area contributed by atoms with Crippen molar-refractivity contribution in [2.45, 2.75) is 84.5 Å². The van der Waals surface area contributed by atoms with Crippen LogP contribution in [0.4, 0.5) is 0 Å².